The largest absolute Gasteiger partial charge is 0.468 e. The van der Waals surface area contributed by atoms with Crippen molar-refractivity contribution in [2.45, 2.75) is 38.0 Å². The second-order valence-electron chi connectivity index (χ2n) is 6.22. The fourth-order valence-corrected chi connectivity index (χ4v) is 3.92. The van der Waals surface area contributed by atoms with E-state index in [1.54, 1.807) is 0 Å². The Morgan fingerprint density at radius 2 is 2.04 bits per heavy atom. The molecule has 0 amide bonds. The Morgan fingerprint density at radius 1 is 1.31 bits per heavy atom. The standard InChI is InChI=1S/C18H19F3N2O2S/c1-25-17(24)15-4-2-3-9-23(15)10-14-11-26-16(22-14)12-5-7-13(8-6-12)18(19,20)21/h5-8,11,15H,2-4,9-10H2,1H3/t15-/m0/s1. The maximum Gasteiger partial charge on any atom is 0.416 e. The number of carbonyl (C=O) groups is 1. The zero-order valence-electron chi connectivity index (χ0n) is 14.3. The Bertz CT molecular complexity index is 759. The zero-order valence-corrected chi connectivity index (χ0v) is 15.1. The van der Waals surface area contributed by atoms with Crippen molar-refractivity contribution >= 4 is 17.3 Å². The molecule has 2 heterocycles. The van der Waals surface area contributed by atoms with Gasteiger partial charge >= 0.3 is 12.1 Å². The summed E-state index contributed by atoms with van der Waals surface area (Å²) in [5.41, 5.74) is 0.783. The van der Waals surface area contributed by atoms with Crippen LogP contribution in [-0.4, -0.2) is 35.5 Å². The van der Waals surface area contributed by atoms with Gasteiger partial charge in [0.25, 0.3) is 0 Å². The quantitative estimate of drug-likeness (QED) is 0.735. The van der Waals surface area contributed by atoms with Crippen LogP contribution in [0.15, 0.2) is 29.6 Å². The van der Waals surface area contributed by atoms with Crippen LogP contribution in [0, 0.1) is 0 Å². The van der Waals surface area contributed by atoms with Gasteiger partial charge in [-0.2, -0.15) is 13.2 Å². The summed E-state index contributed by atoms with van der Waals surface area (Å²) < 4.78 is 42.9. The van der Waals surface area contributed by atoms with E-state index < -0.39 is 11.7 Å². The van der Waals surface area contributed by atoms with Crippen molar-refractivity contribution < 1.29 is 22.7 Å². The lowest BCUT2D eigenvalue weighted by molar-refractivity contribution is -0.148. The first-order chi connectivity index (χ1) is 12.4. The zero-order chi connectivity index (χ0) is 18.7. The lowest BCUT2D eigenvalue weighted by Crippen LogP contribution is -2.44. The van der Waals surface area contributed by atoms with E-state index in [1.807, 2.05) is 5.38 Å². The van der Waals surface area contributed by atoms with Crippen LogP contribution in [0.1, 0.15) is 30.5 Å². The number of methoxy groups -OCH3 is 1. The van der Waals surface area contributed by atoms with Gasteiger partial charge in [0.05, 0.1) is 18.4 Å². The number of aromatic nitrogens is 1. The monoisotopic (exact) mass is 384 g/mol. The normalized spacial score (nSPS) is 18.7. The van der Waals surface area contributed by atoms with Gasteiger partial charge in [-0.15, -0.1) is 11.3 Å². The minimum Gasteiger partial charge on any atom is -0.468 e. The van der Waals surface area contributed by atoms with E-state index in [2.05, 4.69) is 9.88 Å². The molecule has 1 saturated heterocycles. The van der Waals surface area contributed by atoms with Gasteiger partial charge in [0.15, 0.2) is 0 Å². The summed E-state index contributed by atoms with van der Waals surface area (Å²) in [4.78, 5) is 18.5. The van der Waals surface area contributed by atoms with E-state index in [9.17, 15) is 18.0 Å². The highest BCUT2D eigenvalue weighted by atomic mass is 32.1. The Hall–Kier alpha value is -1.93. The van der Waals surface area contributed by atoms with Crippen LogP contribution in [-0.2, 0) is 22.3 Å². The molecular formula is C18H19F3N2O2S. The van der Waals surface area contributed by atoms with E-state index in [0.717, 1.165) is 43.6 Å². The lowest BCUT2D eigenvalue weighted by atomic mass is 10.0. The molecule has 0 saturated carbocycles. The molecule has 0 aliphatic carbocycles. The topological polar surface area (TPSA) is 42.4 Å². The van der Waals surface area contributed by atoms with Crippen molar-refractivity contribution in [3.8, 4) is 10.6 Å². The first kappa shape index (κ1) is 18.8. The van der Waals surface area contributed by atoms with Gasteiger partial charge < -0.3 is 4.74 Å². The number of alkyl halides is 3. The number of halogens is 3. The summed E-state index contributed by atoms with van der Waals surface area (Å²) in [5.74, 6) is -0.233. The number of esters is 1. The molecule has 140 valence electrons. The fourth-order valence-electron chi connectivity index (χ4n) is 3.11. The molecule has 1 aliphatic rings. The molecule has 3 rings (SSSR count). The maximum atomic E-state index is 12.7. The summed E-state index contributed by atoms with van der Waals surface area (Å²) in [6.07, 6.45) is -1.57. The number of thiazole rings is 1. The maximum absolute atomic E-state index is 12.7. The highest BCUT2D eigenvalue weighted by molar-refractivity contribution is 7.13. The highest BCUT2D eigenvalue weighted by Gasteiger charge is 2.31. The SMILES string of the molecule is COC(=O)[C@@H]1CCCCN1Cc1csc(-c2ccc(C(F)(F)F)cc2)n1. The van der Waals surface area contributed by atoms with Gasteiger partial charge in [-0.05, 0) is 31.5 Å². The molecule has 2 aromatic rings. The van der Waals surface area contributed by atoms with Crippen LogP contribution >= 0.6 is 11.3 Å². The minimum atomic E-state index is -4.34. The Kier molecular flexibility index (Phi) is 5.62. The molecule has 1 fully saturated rings. The fraction of sp³-hybridized carbons (Fsp3) is 0.444. The molecule has 0 N–H and O–H groups in total. The van der Waals surface area contributed by atoms with Crippen LogP contribution in [0.3, 0.4) is 0 Å². The number of carbonyl (C=O) groups excluding carboxylic acids is 1. The summed E-state index contributed by atoms with van der Waals surface area (Å²) >= 11 is 1.38. The van der Waals surface area contributed by atoms with Crippen molar-refractivity contribution in [3.05, 3.63) is 40.9 Å². The van der Waals surface area contributed by atoms with Crippen molar-refractivity contribution in [1.82, 2.24) is 9.88 Å². The van der Waals surface area contributed by atoms with E-state index >= 15 is 0 Å². The van der Waals surface area contributed by atoms with Gasteiger partial charge in [-0.25, -0.2) is 4.98 Å². The van der Waals surface area contributed by atoms with Gasteiger partial charge in [0, 0.05) is 17.5 Å². The second kappa shape index (κ2) is 7.75. The number of benzene rings is 1. The predicted octanol–water partition coefficient (Wildman–Crippen LogP) is 4.36. The Morgan fingerprint density at radius 3 is 2.69 bits per heavy atom. The Labute approximate surface area is 153 Å². The number of hydrogen-bond donors (Lipinski definition) is 0. The van der Waals surface area contributed by atoms with Crippen molar-refractivity contribution in [3.63, 3.8) is 0 Å². The molecular weight excluding hydrogens is 365 g/mol. The number of likely N-dealkylation sites (tertiary alicyclic amines) is 1. The first-order valence-corrected chi connectivity index (χ1v) is 9.20. The van der Waals surface area contributed by atoms with Crippen LogP contribution in [0.5, 0.6) is 0 Å². The number of nitrogens with zero attached hydrogens (tertiary/aromatic N) is 2. The molecule has 0 unspecified atom stereocenters. The van der Waals surface area contributed by atoms with Crippen LogP contribution in [0.2, 0.25) is 0 Å². The molecule has 0 spiro atoms. The molecule has 26 heavy (non-hydrogen) atoms. The van der Waals surface area contributed by atoms with Gasteiger partial charge in [-0.1, -0.05) is 18.6 Å². The van der Waals surface area contributed by atoms with E-state index in [0.29, 0.717) is 17.1 Å². The summed E-state index contributed by atoms with van der Waals surface area (Å²) in [6.45, 7) is 1.32. The number of ether oxygens (including phenoxy) is 1. The number of hydrogen-bond acceptors (Lipinski definition) is 5. The van der Waals surface area contributed by atoms with Gasteiger partial charge in [-0.3, -0.25) is 9.69 Å². The van der Waals surface area contributed by atoms with Gasteiger partial charge in [0.1, 0.15) is 11.0 Å². The van der Waals surface area contributed by atoms with Crippen molar-refractivity contribution in [1.29, 1.82) is 0 Å². The van der Waals surface area contributed by atoms with Crippen molar-refractivity contribution in [2.24, 2.45) is 0 Å². The third-order valence-corrected chi connectivity index (χ3v) is 5.40. The van der Waals surface area contributed by atoms with E-state index in [-0.39, 0.29) is 12.0 Å². The average molecular weight is 384 g/mol. The number of piperidine rings is 1. The minimum absolute atomic E-state index is 0.233. The molecule has 8 heteroatoms. The van der Waals surface area contributed by atoms with Crippen molar-refractivity contribution in [2.75, 3.05) is 13.7 Å². The van der Waals surface area contributed by atoms with Gasteiger partial charge in [0.2, 0.25) is 0 Å². The first-order valence-electron chi connectivity index (χ1n) is 8.32. The molecule has 1 aliphatic heterocycles. The molecule has 1 atom stereocenters. The smallest absolute Gasteiger partial charge is 0.416 e. The molecule has 0 bridgehead atoms. The van der Waals surface area contributed by atoms with Crippen LogP contribution < -0.4 is 0 Å². The summed E-state index contributed by atoms with van der Waals surface area (Å²) in [5, 5.41) is 2.55. The molecule has 1 aromatic heterocycles. The second-order valence-corrected chi connectivity index (χ2v) is 7.08. The summed E-state index contributed by atoms with van der Waals surface area (Å²) in [7, 11) is 1.39. The highest BCUT2D eigenvalue weighted by Crippen LogP contribution is 2.32. The summed E-state index contributed by atoms with van der Waals surface area (Å²) in [6, 6.07) is 4.74. The number of rotatable bonds is 4. The van der Waals surface area contributed by atoms with E-state index in [1.165, 1.54) is 30.6 Å². The van der Waals surface area contributed by atoms with E-state index in [4.69, 9.17) is 4.74 Å². The molecule has 0 radical (unpaired) electrons. The van der Waals surface area contributed by atoms with Crippen LogP contribution in [0.4, 0.5) is 13.2 Å². The molecule has 1 aromatic carbocycles. The molecule has 4 nitrogen and oxygen atoms in total. The predicted molar refractivity (Wildman–Crippen MR) is 92.6 cm³/mol. The Balaban J connectivity index is 1.72. The lowest BCUT2D eigenvalue weighted by Gasteiger charge is -2.33. The average Bonchev–Trinajstić information content (AvgIpc) is 3.09. The third kappa shape index (κ3) is 4.24. The third-order valence-electron chi connectivity index (χ3n) is 4.46. The van der Waals surface area contributed by atoms with Crippen LogP contribution in [0.25, 0.3) is 10.6 Å².